The lowest BCUT2D eigenvalue weighted by Gasteiger charge is -2.23. The van der Waals surface area contributed by atoms with Crippen molar-refractivity contribution in [2.45, 2.75) is 90.0 Å². The number of hydrogen-bond acceptors (Lipinski definition) is 7. The van der Waals surface area contributed by atoms with E-state index in [-0.39, 0.29) is 50.2 Å². The lowest BCUT2D eigenvalue weighted by molar-refractivity contribution is 0.0743. The topological polar surface area (TPSA) is 107 Å². The highest BCUT2D eigenvalue weighted by Crippen LogP contribution is 2.39. The van der Waals surface area contributed by atoms with E-state index in [0.717, 1.165) is 24.2 Å². The molecule has 0 spiro atoms. The molecule has 8 nitrogen and oxygen atoms in total. The molecule has 3 N–H and O–H groups in total. The monoisotopic (exact) mass is 521 g/mol. The third-order valence-electron chi connectivity index (χ3n) is 6.50. The fraction of sp³-hybridized carbons (Fsp3) is 0.600. The average molecular weight is 522 g/mol. The molecule has 2 aromatic heterocycles. The molecule has 2 aliphatic rings. The summed E-state index contributed by atoms with van der Waals surface area (Å²) >= 11 is 0.917. The van der Waals surface area contributed by atoms with Gasteiger partial charge in [-0.3, -0.25) is 9.59 Å². The van der Waals surface area contributed by atoms with E-state index in [1.165, 1.54) is 12.3 Å². The Bertz CT molecular complexity index is 1130. The minimum Gasteiger partial charge on any atom is -0.393 e. The number of amides is 2. The molecular weight excluding hydrogens is 488 g/mol. The minimum absolute atomic E-state index is 0.00430. The van der Waals surface area contributed by atoms with Gasteiger partial charge in [0.05, 0.1) is 11.0 Å². The highest BCUT2D eigenvalue weighted by molar-refractivity contribution is 7.17. The van der Waals surface area contributed by atoms with Crippen LogP contribution in [0.2, 0.25) is 0 Å². The molecule has 2 amide bonds. The summed E-state index contributed by atoms with van der Waals surface area (Å²) in [5.74, 6) is -0.560. The summed E-state index contributed by atoms with van der Waals surface area (Å²) in [5, 5.41) is 15.8. The largest absolute Gasteiger partial charge is 0.393 e. The summed E-state index contributed by atoms with van der Waals surface area (Å²) in [6.07, 6.45) is 1.42. The maximum absolute atomic E-state index is 14.2. The molecule has 0 bridgehead atoms. The van der Waals surface area contributed by atoms with Crippen LogP contribution in [-0.4, -0.2) is 62.1 Å². The van der Waals surface area contributed by atoms with Gasteiger partial charge in [0.25, 0.3) is 18.2 Å². The predicted molar refractivity (Wildman–Crippen MR) is 135 cm³/mol. The molecule has 1 aliphatic heterocycles. The molecule has 0 aromatic carbocycles. The molecule has 11 heteroatoms. The summed E-state index contributed by atoms with van der Waals surface area (Å²) in [4.78, 5) is 37.1. The zero-order chi connectivity index (χ0) is 26.2. The summed E-state index contributed by atoms with van der Waals surface area (Å²) in [7, 11) is 0. The second-order valence-corrected chi connectivity index (χ2v) is 11.7. The SMILES string of the molecule is C[C@H]1CCCN1C(=O)c1nc(C(=O)N[C@H]2CC[C@H](O)C2)sc1-c1cnc(NC(C)(C)C)cc1C(F)F. The second kappa shape index (κ2) is 10.4. The third kappa shape index (κ3) is 5.83. The van der Waals surface area contributed by atoms with Crippen molar-refractivity contribution in [3.8, 4) is 10.4 Å². The van der Waals surface area contributed by atoms with E-state index in [1.807, 2.05) is 27.7 Å². The van der Waals surface area contributed by atoms with Gasteiger partial charge in [-0.15, -0.1) is 11.3 Å². The fourth-order valence-electron chi connectivity index (χ4n) is 4.75. The number of hydrogen-bond donors (Lipinski definition) is 3. The van der Waals surface area contributed by atoms with Crippen molar-refractivity contribution in [3.63, 3.8) is 0 Å². The van der Waals surface area contributed by atoms with Crippen LogP contribution in [0.1, 0.15) is 92.1 Å². The van der Waals surface area contributed by atoms with E-state index in [4.69, 9.17) is 0 Å². The van der Waals surface area contributed by atoms with Gasteiger partial charge in [0.15, 0.2) is 5.01 Å². The van der Waals surface area contributed by atoms with E-state index in [1.54, 1.807) is 4.90 Å². The first-order valence-corrected chi connectivity index (χ1v) is 13.1. The molecule has 196 valence electrons. The van der Waals surface area contributed by atoms with Crippen LogP contribution in [-0.2, 0) is 0 Å². The number of aliphatic hydroxyl groups excluding tert-OH is 1. The Balaban J connectivity index is 1.75. The standard InChI is InChI=1S/C25H33F2N5O3S/c1-13-6-5-9-32(13)24(35)19-20(36-23(30-19)22(34)29-14-7-8-15(33)10-14)17-12-28-18(31-25(2,3)4)11-16(17)21(26)27/h11-15,21,33H,5-10H2,1-4H3,(H,28,31)(H,29,34)/t13-,14-,15-/m0/s1. The number of carbonyl (C=O) groups is 2. The Hall–Kier alpha value is -2.66. The van der Waals surface area contributed by atoms with Gasteiger partial charge in [0.2, 0.25) is 0 Å². The highest BCUT2D eigenvalue weighted by Gasteiger charge is 2.34. The summed E-state index contributed by atoms with van der Waals surface area (Å²) in [5.41, 5.74) is -0.585. The first kappa shape index (κ1) is 26.4. The number of pyridine rings is 1. The third-order valence-corrected chi connectivity index (χ3v) is 7.58. The van der Waals surface area contributed by atoms with Gasteiger partial charge in [-0.1, -0.05) is 0 Å². The van der Waals surface area contributed by atoms with Crippen molar-refractivity contribution in [2.24, 2.45) is 0 Å². The Morgan fingerprint density at radius 1 is 1.25 bits per heavy atom. The number of aliphatic hydroxyl groups is 1. The van der Waals surface area contributed by atoms with Gasteiger partial charge < -0.3 is 20.6 Å². The lowest BCUT2D eigenvalue weighted by atomic mass is 10.1. The Morgan fingerprint density at radius 2 is 2.00 bits per heavy atom. The summed E-state index contributed by atoms with van der Waals surface area (Å²) in [6, 6.07) is 1.09. The zero-order valence-electron chi connectivity index (χ0n) is 21.0. The molecule has 1 saturated carbocycles. The number of thiazole rings is 1. The molecule has 0 unspecified atom stereocenters. The molecule has 3 atom stereocenters. The second-order valence-electron chi connectivity index (χ2n) is 10.7. The van der Waals surface area contributed by atoms with Crippen molar-refractivity contribution >= 4 is 29.0 Å². The van der Waals surface area contributed by atoms with Gasteiger partial charge in [0, 0.05) is 41.5 Å². The summed E-state index contributed by atoms with van der Waals surface area (Å²) in [6.45, 7) is 8.18. The van der Waals surface area contributed by atoms with Gasteiger partial charge in [-0.25, -0.2) is 18.7 Å². The van der Waals surface area contributed by atoms with Crippen molar-refractivity contribution in [1.29, 1.82) is 0 Å². The average Bonchev–Trinajstić information content (AvgIpc) is 3.52. The quantitative estimate of drug-likeness (QED) is 0.512. The van der Waals surface area contributed by atoms with E-state index < -0.39 is 18.4 Å². The lowest BCUT2D eigenvalue weighted by Crippen LogP contribution is -2.35. The van der Waals surface area contributed by atoms with Gasteiger partial charge in [0.1, 0.15) is 11.5 Å². The minimum atomic E-state index is -2.82. The number of aromatic nitrogens is 2. The Kier molecular flexibility index (Phi) is 7.61. The van der Waals surface area contributed by atoms with E-state index >= 15 is 0 Å². The smallest absolute Gasteiger partial charge is 0.280 e. The molecule has 3 heterocycles. The molecule has 2 fully saturated rings. The maximum atomic E-state index is 14.2. The number of likely N-dealkylation sites (tertiary alicyclic amines) is 1. The zero-order valence-corrected chi connectivity index (χ0v) is 21.8. The van der Waals surface area contributed by atoms with Crippen molar-refractivity contribution in [1.82, 2.24) is 20.2 Å². The molecule has 36 heavy (non-hydrogen) atoms. The summed E-state index contributed by atoms with van der Waals surface area (Å²) < 4.78 is 28.4. The highest BCUT2D eigenvalue weighted by atomic mass is 32.1. The predicted octanol–water partition coefficient (Wildman–Crippen LogP) is 4.62. The molecule has 1 saturated heterocycles. The van der Waals surface area contributed by atoms with Crippen LogP contribution in [0.4, 0.5) is 14.6 Å². The molecule has 2 aromatic rings. The van der Waals surface area contributed by atoms with E-state index in [9.17, 15) is 23.5 Å². The Labute approximate surface area is 213 Å². The van der Waals surface area contributed by atoms with Crippen LogP contribution in [0, 0.1) is 0 Å². The fourth-order valence-corrected chi connectivity index (χ4v) is 5.74. The van der Waals surface area contributed by atoms with Crippen molar-refractivity contribution in [3.05, 3.63) is 28.5 Å². The first-order chi connectivity index (χ1) is 16.9. The van der Waals surface area contributed by atoms with Gasteiger partial charge in [-0.05, 0) is 65.9 Å². The van der Waals surface area contributed by atoms with Gasteiger partial charge in [-0.2, -0.15) is 0 Å². The van der Waals surface area contributed by atoms with Gasteiger partial charge >= 0.3 is 0 Å². The van der Waals surface area contributed by atoms with Crippen molar-refractivity contribution < 1.29 is 23.5 Å². The van der Waals surface area contributed by atoms with Crippen LogP contribution in [0.5, 0.6) is 0 Å². The number of anilines is 1. The van der Waals surface area contributed by atoms with Crippen LogP contribution in [0.3, 0.4) is 0 Å². The number of halogens is 2. The van der Waals surface area contributed by atoms with E-state index in [2.05, 4.69) is 20.6 Å². The Morgan fingerprint density at radius 3 is 2.58 bits per heavy atom. The van der Waals surface area contributed by atoms with Crippen molar-refractivity contribution in [2.75, 3.05) is 11.9 Å². The number of rotatable bonds is 6. The van der Waals surface area contributed by atoms with Crippen LogP contribution in [0.25, 0.3) is 10.4 Å². The molecular formula is C25H33F2N5O3S. The van der Waals surface area contributed by atoms with E-state index in [0.29, 0.717) is 31.6 Å². The number of nitrogens with one attached hydrogen (secondary N) is 2. The van der Waals surface area contributed by atoms with Crippen LogP contribution < -0.4 is 10.6 Å². The molecule has 4 rings (SSSR count). The van der Waals surface area contributed by atoms with Crippen LogP contribution >= 0.6 is 11.3 Å². The number of carbonyl (C=O) groups excluding carboxylic acids is 2. The maximum Gasteiger partial charge on any atom is 0.280 e. The number of alkyl halides is 2. The van der Waals surface area contributed by atoms with Crippen LogP contribution in [0.15, 0.2) is 12.3 Å². The molecule has 0 radical (unpaired) electrons. The molecule has 1 aliphatic carbocycles. The normalized spacial score (nSPS) is 22.3. The first-order valence-electron chi connectivity index (χ1n) is 12.3. The number of nitrogens with zero attached hydrogens (tertiary/aromatic N) is 3.